The summed E-state index contributed by atoms with van der Waals surface area (Å²) in [6, 6.07) is 19.5. The molecule has 0 amide bonds. The number of carboxylic acids is 1. The predicted octanol–water partition coefficient (Wildman–Crippen LogP) is 5.45. The number of ether oxygens (including phenoxy) is 2. The summed E-state index contributed by atoms with van der Waals surface area (Å²) in [5.41, 5.74) is 2.67. The zero-order valence-corrected chi connectivity index (χ0v) is 18.1. The fraction of sp³-hybridized carbons (Fsp3) is 0.231. The van der Waals surface area contributed by atoms with E-state index in [1.807, 2.05) is 67.6 Å². The van der Waals surface area contributed by atoms with Crippen molar-refractivity contribution in [3.05, 3.63) is 77.7 Å². The van der Waals surface area contributed by atoms with E-state index in [9.17, 15) is 4.79 Å². The van der Waals surface area contributed by atoms with E-state index in [1.54, 1.807) is 7.11 Å². The average molecular weight is 431 g/mol. The number of nitrogens with zero attached hydrogens (tertiary/aromatic N) is 1. The Morgan fingerprint density at radius 3 is 2.44 bits per heavy atom. The Kier molecular flexibility index (Phi) is 6.40. The normalized spacial score (nSPS) is 10.9. The predicted molar refractivity (Wildman–Crippen MR) is 122 cm³/mol. The van der Waals surface area contributed by atoms with Crippen LogP contribution in [-0.2, 0) is 17.6 Å². The molecule has 0 bridgehead atoms. The van der Waals surface area contributed by atoms with E-state index in [0.29, 0.717) is 36.8 Å². The van der Waals surface area contributed by atoms with Crippen molar-refractivity contribution in [1.82, 2.24) is 4.98 Å². The van der Waals surface area contributed by atoms with Gasteiger partial charge in [0.15, 0.2) is 0 Å². The van der Waals surface area contributed by atoms with Crippen LogP contribution < -0.4 is 9.47 Å². The molecule has 0 aliphatic heterocycles. The lowest BCUT2D eigenvalue weighted by Gasteiger charge is -2.16. The Balaban J connectivity index is 1.55. The van der Waals surface area contributed by atoms with Gasteiger partial charge >= 0.3 is 5.97 Å². The van der Waals surface area contributed by atoms with E-state index in [0.717, 1.165) is 33.4 Å². The highest BCUT2D eigenvalue weighted by Crippen LogP contribution is 2.36. The minimum Gasteiger partial charge on any atom is -0.496 e. The summed E-state index contributed by atoms with van der Waals surface area (Å²) in [5.74, 6) is 1.87. The van der Waals surface area contributed by atoms with Crippen molar-refractivity contribution in [2.24, 2.45) is 0 Å². The summed E-state index contributed by atoms with van der Waals surface area (Å²) < 4.78 is 17.5. The molecule has 4 aromatic rings. The number of rotatable bonds is 9. The molecule has 0 fully saturated rings. The number of fused-ring (bicyclic) bond motifs is 1. The number of benzene rings is 3. The molecular formula is C26H25NO5. The SMILES string of the molecule is COc1cc(OCCc2nc(-c3ccccc3)oc2C)c2ccccc2c1CCC(=O)O. The maximum atomic E-state index is 11.1. The molecule has 1 aromatic heterocycles. The van der Waals surface area contributed by atoms with Crippen LogP contribution in [0.1, 0.15) is 23.4 Å². The minimum atomic E-state index is -0.839. The molecule has 0 aliphatic rings. The van der Waals surface area contributed by atoms with Gasteiger partial charge in [0.25, 0.3) is 0 Å². The first kappa shape index (κ1) is 21.4. The highest BCUT2D eigenvalue weighted by Gasteiger charge is 2.16. The largest absolute Gasteiger partial charge is 0.496 e. The zero-order valence-electron chi connectivity index (χ0n) is 18.1. The number of aromatic nitrogens is 1. The van der Waals surface area contributed by atoms with Gasteiger partial charge in [-0.3, -0.25) is 4.79 Å². The summed E-state index contributed by atoms with van der Waals surface area (Å²) in [7, 11) is 1.59. The van der Waals surface area contributed by atoms with E-state index in [4.69, 9.17) is 19.0 Å². The first-order valence-corrected chi connectivity index (χ1v) is 10.5. The third-order valence-corrected chi connectivity index (χ3v) is 5.40. The molecule has 0 saturated heterocycles. The quantitative estimate of drug-likeness (QED) is 0.379. The lowest BCUT2D eigenvalue weighted by atomic mass is 9.99. The number of hydrogen-bond donors (Lipinski definition) is 1. The molecule has 6 heteroatoms. The zero-order chi connectivity index (χ0) is 22.5. The summed E-state index contributed by atoms with van der Waals surface area (Å²) >= 11 is 0. The fourth-order valence-electron chi connectivity index (χ4n) is 3.79. The summed E-state index contributed by atoms with van der Waals surface area (Å²) in [5, 5.41) is 11.0. The van der Waals surface area contributed by atoms with Crippen molar-refractivity contribution in [2.75, 3.05) is 13.7 Å². The van der Waals surface area contributed by atoms with Gasteiger partial charge in [-0.25, -0.2) is 4.98 Å². The molecule has 0 saturated carbocycles. The number of aliphatic carboxylic acids is 1. The fourth-order valence-corrected chi connectivity index (χ4v) is 3.79. The third-order valence-electron chi connectivity index (χ3n) is 5.40. The Morgan fingerprint density at radius 2 is 1.72 bits per heavy atom. The number of carbonyl (C=O) groups is 1. The second-order valence-electron chi connectivity index (χ2n) is 7.48. The molecular weight excluding hydrogens is 406 g/mol. The Labute approximate surface area is 186 Å². The van der Waals surface area contributed by atoms with Crippen LogP contribution in [0.3, 0.4) is 0 Å². The Bertz CT molecular complexity index is 1230. The van der Waals surface area contributed by atoms with E-state index < -0.39 is 5.97 Å². The molecule has 3 aromatic carbocycles. The van der Waals surface area contributed by atoms with Gasteiger partial charge in [0.05, 0.1) is 19.4 Å². The molecule has 0 spiro atoms. The van der Waals surface area contributed by atoms with Crippen molar-refractivity contribution >= 4 is 16.7 Å². The van der Waals surface area contributed by atoms with Crippen molar-refractivity contribution < 1.29 is 23.8 Å². The van der Waals surface area contributed by atoms with Gasteiger partial charge in [0.1, 0.15) is 17.3 Å². The van der Waals surface area contributed by atoms with E-state index in [-0.39, 0.29) is 6.42 Å². The van der Waals surface area contributed by atoms with Gasteiger partial charge in [-0.1, -0.05) is 42.5 Å². The molecule has 0 radical (unpaired) electrons. The molecule has 1 heterocycles. The third kappa shape index (κ3) is 4.59. The number of oxazole rings is 1. The van der Waals surface area contributed by atoms with Crippen LogP contribution in [0.15, 0.2) is 65.1 Å². The van der Waals surface area contributed by atoms with Crippen molar-refractivity contribution in [1.29, 1.82) is 0 Å². The molecule has 1 N–H and O–H groups in total. The monoisotopic (exact) mass is 431 g/mol. The van der Waals surface area contributed by atoms with Crippen LogP contribution in [0.25, 0.3) is 22.2 Å². The second kappa shape index (κ2) is 9.56. The molecule has 32 heavy (non-hydrogen) atoms. The maximum Gasteiger partial charge on any atom is 0.303 e. The topological polar surface area (TPSA) is 81.8 Å². The molecule has 4 rings (SSSR count). The van der Waals surface area contributed by atoms with Gasteiger partial charge < -0.3 is 19.0 Å². The van der Waals surface area contributed by atoms with Crippen LogP contribution in [0.5, 0.6) is 11.5 Å². The van der Waals surface area contributed by atoms with Gasteiger partial charge in [-0.15, -0.1) is 0 Å². The summed E-state index contributed by atoms with van der Waals surface area (Å²) in [6.45, 7) is 2.33. The van der Waals surface area contributed by atoms with Crippen molar-refractivity contribution in [3.8, 4) is 23.0 Å². The molecule has 0 atom stereocenters. The van der Waals surface area contributed by atoms with Gasteiger partial charge in [0, 0.05) is 35.4 Å². The standard InChI is InChI=1S/C26H25NO5/c1-17-22(27-26(32-17)18-8-4-3-5-9-18)14-15-31-24-16-23(30-2)21(12-13-25(28)29)19-10-6-7-11-20(19)24/h3-11,16H,12-15H2,1-2H3,(H,28,29). The van der Waals surface area contributed by atoms with Crippen molar-refractivity contribution in [2.45, 2.75) is 26.2 Å². The molecule has 6 nitrogen and oxygen atoms in total. The molecule has 0 unspecified atom stereocenters. The molecule has 164 valence electrons. The second-order valence-corrected chi connectivity index (χ2v) is 7.48. The van der Waals surface area contributed by atoms with E-state index >= 15 is 0 Å². The first-order valence-electron chi connectivity index (χ1n) is 10.5. The van der Waals surface area contributed by atoms with Crippen LogP contribution in [0.2, 0.25) is 0 Å². The van der Waals surface area contributed by atoms with Gasteiger partial charge in [0.2, 0.25) is 5.89 Å². The smallest absolute Gasteiger partial charge is 0.303 e. The average Bonchev–Trinajstić information content (AvgIpc) is 3.18. The van der Waals surface area contributed by atoms with Crippen LogP contribution in [0, 0.1) is 6.92 Å². The highest BCUT2D eigenvalue weighted by atomic mass is 16.5. The van der Waals surface area contributed by atoms with Gasteiger partial charge in [-0.2, -0.15) is 0 Å². The summed E-state index contributed by atoms with van der Waals surface area (Å²) in [6.07, 6.45) is 1.02. The Morgan fingerprint density at radius 1 is 1.00 bits per heavy atom. The van der Waals surface area contributed by atoms with Gasteiger partial charge in [-0.05, 0) is 30.9 Å². The molecule has 0 aliphatic carbocycles. The summed E-state index contributed by atoms with van der Waals surface area (Å²) in [4.78, 5) is 15.7. The lowest BCUT2D eigenvalue weighted by Crippen LogP contribution is -2.05. The van der Waals surface area contributed by atoms with Crippen LogP contribution >= 0.6 is 0 Å². The maximum absolute atomic E-state index is 11.1. The van der Waals surface area contributed by atoms with E-state index in [1.165, 1.54) is 0 Å². The van der Waals surface area contributed by atoms with Crippen LogP contribution in [-0.4, -0.2) is 29.8 Å². The number of carboxylic acid groups (broad SMARTS) is 1. The minimum absolute atomic E-state index is 0.0374. The lowest BCUT2D eigenvalue weighted by molar-refractivity contribution is -0.136. The van der Waals surface area contributed by atoms with Crippen LogP contribution in [0.4, 0.5) is 0 Å². The van der Waals surface area contributed by atoms with Crippen molar-refractivity contribution in [3.63, 3.8) is 0 Å². The first-order chi connectivity index (χ1) is 15.6. The number of hydrogen-bond acceptors (Lipinski definition) is 5. The number of methoxy groups -OCH3 is 1. The highest BCUT2D eigenvalue weighted by molar-refractivity contribution is 5.93. The number of aryl methyl sites for hydroxylation is 2. The van der Waals surface area contributed by atoms with E-state index in [2.05, 4.69) is 4.98 Å². The Hall–Kier alpha value is -3.80.